The van der Waals surface area contributed by atoms with Crippen LogP contribution in [0.25, 0.3) is 5.69 Å². The summed E-state index contributed by atoms with van der Waals surface area (Å²) in [6.45, 7) is 0.328. The van der Waals surface area contributed by atoms with Crippen molar-refractivity contribution in [1.29, 1.82) is 0 Å². The number of benzene rings is 1. The molecule has 1 N–H and O–H groups in total. The Morgan fingerprint density at radius 1 is 1.00 bits per heavy atom. The fraction of sp³-hybridized carbons (Fsp3) is 0.111. The fourth-order valence-corrected chi connectivity index (χ4v) is 2.17. The Morgan fingerprint density at radius 2 is 1.76 bits per heavy atom. The first kappa shape index (κ1) is 16.4. The Balaban J connectivity index is 1.46. The Hall–Kier alpha value is -3.48. The quantitative estimate of drug-likeness (QED) is 0.548. The summed E-state index contributed by atoms with van der Waals surface area (Å²) in [5, 5.41) is 6.80. The molecule has 2 aromatic heterocycles. The molecule has 126 valence electrons. The number of pyridine rings is 1. The lowest BCUT2D eigenvalue weighted by molar-refractivity contribution is 0.0503. The van der Waals surface area contributed by atoms with Crippen LogP contribution in [0.5, 0.6) is 0 Å². The van der Waals surface area contributed by atoms with Crippen LogP contribution < -0.4 is 5.32 Å². The average molecular weight is 336 g/mol. The lowest BCUT2D eigenvalue weighted by atomic mass is 10.2. The number of esters is 1. The highest BCUT2D eigenvalue weighted by Gasteiger charge is 2.08. The minimum absolute atomic E-state index is 0.0938. The summed E-state index contributed by atoms with van der Waals surface area (Å²) >= 11 is 0. The summed E-state index contributed by atoms with van der Waals surface area (Å²) in [6.07, 6.45) is 6.59. The number of carbonyl (C=O) groups is 2. The summed E-state index contributed by atoms with van der Waals surface area (Å²) in [4.78, 5) is 27.7. The van der Waals surface area contributed by atoms with Crippen LogP contribution in [0.4, 0.5) is 0 Å². The van der Waals surface area contributed by atoms with Crippen LogP contribution in [-0.2, 0) is 4.74 Å². The van der Waals surface area contributed by atoms with Crippen LogP contribution in [0.2, 0.25) is 0 Å². The molecule has 0 fully saturated rings. The Morgan fingerprint density at radius 3 is 2.44 bits per heavy atom. The van der Waals surface area contributed by atoms with Gasteiger partial charge in [-0.05, 0) is 42.5 Å². The summed E-state index contributed by atoms with van der Waals surface area (Å²) in [6, 6.07) is 12.0. The number of nitrogens with one attached hydrogen (secondary N) is 1. The maximum Gasteiger partial charge on any atom is 0.338 e. The van der Waals surface area contributed by atoms with E-state index in [2.05, 4.69) is 15.4 Å². The zero-order valence-corrected chi connectivity index (χ0v) is 13.3. The fourth-order valence-electron chi connectivity index (χ4n) is 2.17. The van der Waals surface area contributed by atoms with E-state index >= 15 is 0 Å². The normalized spacial score (nSPS) is 10.2. The van der Waals surface area contributed by atoms with Gasteiger partial charge in [-0.25, -0.2) is 9.48 Å². The molecule has 2 heterocycles. The van der Waals surface area contributed by atoms with Crippen molar-refractivity contribution in [3.8, 4) is 5.69 Å². The largest absolute Gasteiger partial charge is 0.460 e. The van der Waals surface area contributed by atoms with Gasteiger partial charge in [0, 0.05) is 30.4 Å². The van der Waals surface area contributed by atoms with Gasteiger partial charge in [-0.15, -0.1) is 0 Å². The van der Waals surface area contributed by atoms with Gasteiger partial charge in [0.25, 0.3) is 5.91 Å². The van der Waals surface area contributed by atoms with Gasteiger partial charge in [-0.3, -0.25) is 9.78 Å². The minimum Gasteiger partial charge on any atom is -0.460 e. The van der Waals surface area contributed by atoms with Crippen molar-refractivity contribution < 1.29 is 14.3 Å². The standard InChI is InChI=1S/C18H16N4O3/c23-17(14-6-9-19-10-7-14)20-11-13-25-18(24)15-2-4-16(5-3-15)22-12-1-8-21-22/h1-10,12H,11,13H2,(H,20,23). The van der Waals surface area contributed by atoms with Gasteiger partial charge in [0.2, 0.25) is 0 Å². The predicted octanol–water partition coefficient (Wildman–Crippen LogP) is 1.85. The molecule has 0 spiro atoms. The lowest BCUT2D eigenvalue weighted by Crippen LogP contribution is -2.28. The Kier molecular flexibility index (Phi) is 5.16. The zero-order chi connectivity index (χ0) is 17.5. The summed E-state index contributed by atoms with van der Waals surface area (Å²) < 4.78 is 6.85. The van der Waals surface area contributed by atoms with Crippen LogP contribution in [0.15, 0.2) is 67.3 Å². The monoisotopic (exact) mass is 336 g/mol. The molecule has 25 heavy (non-hydrogen) atoms. The minimum atomic E-state index is -0.440. The highest BCUT2D eigenvalue weighted by molar-refractivity contribution is 5.94. The molecular formula is C18H16N4O3. The first-order valence-corrected chi connectivity index (χ1v) is 7.69. The number of hydrogen-bond acceptors (Lipinski definition) is 5. The molecule has 0 aliphatic heterocycles. The van der Waals surface area contributed by atoms with Gasteiger partial charge >= 0.3 is 5.97 Å². The van der Waals surface area contributed by atoms with Gasteiger partial charge in [-0.2, -0.15) is 5.10 Å². The van der Waals surface area contributed by atoms with Crippen molar-refractivity contribution in [2.75, 3.05) is 13.2 Å². The van der Waals surface area contributed by atoms with Crippen LogP contribution in [0, 0.1) is 0 Å². The van der Waals surface area contributed by atoms with Crippen molar-refractivity contribution in [1.82, 2.24) is 20.1 Å². The molecule has 7 heteroatoms. The molecule has 0 saturated heterocycles. The third kappa shape index (κ3) is 4.29. The third-order valence-corrected chi connectivity index (χ3v) is 3.44. The number of hydrogen-bond donors (Lipinski definition) is 1. The average Bonchev–Trinajstić information content (AvgIpc) is 3.20. The van der Waals surface area contributed by atoms with E-state index in [4.69, 9.17) is 4.74 Å². The number of amides is 1. The van der Waals surface area contributed by atoms with E-state index in [1.54, 1.807) is 59.7 Å². The van der Waals surface area contributed by atoms with Gasteiger partial charge in [0.1, 0.15) is 6.61 Å². The van der Waals surface area contributed by atoms with Crippen LogP contribution in [0.1, 0.15) is 20.7 Å². The van der Waals surface area contributed by atoms with E-state index in [1.165, 1.54) is 0 Å². The first-order chi connectivity index (χ1) is 12.2. The lowest BCUT2D eigenvalue weighted by Gasteiger charge is -2.07. The van der Waals surface area contributed by atoms with E-state index in [-0.39, 0.29) is 19.1 Å². The summed E-state index contributed by atoms with van der Waals surface area (Å²) in [7, 11) is 0. The molecule has 0 atom stereocenters. The molecule has 1 amide bonds. The number of nitrogens with zero attached hydrogens (tertiary/aromatic N) is 3. The summed E-state index contributed by atoms with van der Waals surface area (Å²) in [5.74, 6) is -0.674. The van der Waals surface area contributed by atoms with Gasteiger partial charge in [0.15, 0.2) is 0 Å². The molecule has 0 aliphatic rings. The molecule has 0 unspecified atom stereocenters. The second-order valence-electron chi connectivity index (χ2n) is 5.13. The van der Waals surface area contributed by atoms with Crippen LogP contribution in [-0.4, -0.2) is 39.8 Å². The second-order valence-corrected chi connectivity index (χ2v) is 5.13. The number of carbonyl (C=O) groups excluding carboxylic acids is 2. The SMILES string of the molecule is O=C(NCCOC(=O)c1ccc(-n2cccn2)cc1)c1ccncc1. The Labute approximate surface area is 144 Å². The first-order valence-electron chi connectivity index (χ1n) is 7.69. The Bertz CT molecular complexity index is 831. The molecule has 0 radical (unpaired) electrons. The molecule has 1 aromatic carbocycles. The molecular weight excluding hydrogens is 320 g/mol. The maximum absolute atomic E-state index is 12.0. The van der Waals surface area contributed by atoms with E-state index < -0.39 is 5.97 Å². The van der Waals surface area contributed by atoms with E-state index in [0.29, 0.717) is 11.1 Å². The van der Waals surface area contributed by atoms with Gasteiger partial charge in [-0.1, -0.05) is 0 Å². The summed E-state index contributed by atoms with van der Waals surface area (Å²) in [5.41, 5.74) is 1.80. The number of ether oxygens (including phenoxy) is 1. The molecule has 0 saturated carbocycles. The van der Waals surface area contributed by atoms with Crippen LogP contribution >= 0.6 is 0 Å². The van der Waals surface area contributed by atoms with E-state index in [1.807, 2.05) is 12.3 Å². The molecule has 0 bridgehead atoms. The zero-order valence-electron chi connectivity index (χ0n) is 13.3. The molecule has 3 aromatic rings. The maximum atomic E-state index is 12.0. The topological polar surface area (TPSA) is 86.1 Å². The second kappa shape index (κ2) is 7.87. The van der Waals surface area contributed by atoms with Gasteiger partial charge in [0.05, 0.1) is 17.8 Å². The highest BCUT2D eigenvalue weighted by Crippen LogP contribution is 2.09. The van der Waals surface area contributed by atoms with E-state index in [9.17, 15) is 9.59 Å². The third-order valence-electron chi connectivity index (χ3n) is 3.44. The predicted molar refractivity (Wildman–Crippen MR) is 90.4 cm³/mol. The number of rotatable bonds is 6. The molecule has 3 rings (SSSR count). The highest BCUT2D eigenvalue weighted by atomic mass is 16.5. The van der Waals surface area contributed by atoms with Crippen molar-refractivity contribution >= 4 is 11.9 Å². The van der Waals surface area contributed by atoms with Crippen molar-refractivity contribution in [3.05, 3.63) is 78.4 Å². The van der Waals surface area contributed by atoms with Crippen molar-refractivity contribution in [2.24, 2.45) is 0 Å². The van der Waals surface area contributed by atoms with Gasteiger partial charge < -0.3 is 10.1 Å². The van der Waals surface area contributed by atoms with Crippen molar-refractivity contribution in [3.63, 3.8) is 0 Å². The van der Waals surface area contributed by atoms with E-state index in [0.717, 1.165) is 5.69 Å². The molecule has 7 nitrogen and oxygen atoms in total. The smallest absolute Gasteiger partial charge is 0.338 e. The van der Waals surface area contributed by atoms with Crippen LogP contribution in [0.3, 0.4) is 0 Å². The van der Waals surface area contributed by atoms with Crippen molar-refractivity contribution in [2.45, 2.75) is 0 Å². The molecule has 0 aliphatic carbocycles. The number of aromatic nitrogens is 3.